The van der Waals surface area contributed by atoms with Crippen molar-refractivity contribution in [3.63, 3.8) is 0 Å². The molecule has 15 heavy (non-hydrogen) atoms. The van der Waals surface area contributed by atoms with Gasteiger partial charge in [-0.15, -0.1) is 0 Å². The van der Waals surface area contributed by atoms with Crippen LogP contribution in [0.4, 0.5) is 0 Å². The van der Waals surface area contributed by atoms with E-state index in [-0.39, 0.29) is 15.2 Å². The number of aromatic nitrogens is 2. The first-order valence-electron chi connectivity index (χ1n) is 3.81. The molecule has 0 saturated carbocycles. The standard InChI is InChI=1S/C8H4Cl2N2O2S/c9-7-8(10)12-6-3-4(15(13)14)1-2-5(6)11-7/h1-3H,(H,13,14). The normalized spacial score (nSPS) is 13.0. The van der Waals surface area contributed by atoms with Gasteiger partial charge in [-0.1, -0.05) is 23.2 Å². The first-order chi connectivity index (χ1) is 7.08. The Morgan fingerprint density at radius 1 is 1.13 bits per heavy atom. The van der Waals surface area contributed by atoms with E-state index >= 15 is 0 Å². The second-order valence-corrected chi connectivity index (χ2v) is 4.39. The molecule has 1 N–H and O–H groups in total. The van der Waals surface area contributed by atoms with Gasteiger partial charge in [0.1, 0.15) is 0 Å². The molecule has 1 atom stereocenters. The Morgan fingerprint density at radius 3 is 2.33 bits per heavy atom. The lowest BCUT2D eigenvalue weighted by Gasteiger charge is -2.00. The highest BCUT2D eigenvalue weighted by Crippen LogP contribution is 2.22. The molecule has 1 aromatic heterocycles. The predicted octanol–water partition coefficient (Wildman–Crippen LogP) is 2.52. The van der Waals surface area contributed by atoms with E-state index in [0.717, 1.165) is 0 Å². The van der Waals surface area contributed by atoms with Gasteiger partial charge in [0.2, 0.25) is 0 Å². The van der Waals surface area contributed by atoms with Gasteiger partial charge in [-0.25, -0.2) is 14.2 Å². The van der Waals surface area contributed by atoms with Gasteiger partial charge in [-0.2, -0.15) is 0 Å². The minimum absolute atomic E-state index is 0.0741. The van der Waals surface area contributed by atoms with Gasteiger partial charge in [0.15, 0.2) is 21.4 Å². The molecule has 1 heterocycles. The minimum atomic E-state index is -2.04. The highest BCUT2D eigenvalue weighted by atomic mass is 35.5. The van der Waals surface area contributed by atoms with Crippen LogP contribution in [0.15, 0.2) is 23.1 Å². The van der Waals surface area contributed by atoms with Crippen LogP contribution in [-0.4, -0.2) is 18.7 Å². The molecule has 0 aliphatic heterocycles. The molecule has 2 rings (SSSR count). The molecule has 0 radical (unpaired) electrons. The zero-order valence-corrected chi connectivity index (χ0v) is 9.47. The van der Waals surface area contributed by atoms with Crippen molar-refractivity contribution in [1.82, 2.24) is 9.97 Å². The van der Waals surface area contributed by atoms with Gasteiger partial charge in [0.05, 0.1) is 15.9 Å². The van der Waals surface area contributed by atoms with Crippen LogP contribution in [-0.2, 0) is 11.1 Å². The number of halogens is 2. The summed E-state index contributed by atoms with van der Waals surface area (Å²) in [4.78, 5) is 8.16. The molecule has 0 bridgehead atoms. The van der Waals surface area contributed by atoms with Gasteiger partial charge in [-0.05, 0) is 18.2 Å². The summed E-state index contributed by atoms with van der Waals surface area (Å²) >= 11 is 9.31. The SMILES string of the molecule is O=S(O)c1ccc2nc(Cl)c(Cl)nc2c1. The van der Waals surface area contributed by atoms with E-state index in [9.17, 15) is 4.21 Å². The van der Waals surface area contributed by atoms with E-state index < -0.39 is 11.1 Å². The molecule has 7 heteroatoms. The fourth-order valence-electron chi connectivity index (χ4n) is 1.10. The number of hydrogen-bond donors (Lipinski definition) is 1. The Balaban J connectivity index is 2.72. The monoisotopic (exact) mass is 262 g/mol. The Kier molecular flexibility index (Phi) is 2.88. The second-order valence-electron chi connectivity index (χ2n) is 2.70. The molecule has 78 valence electrons. The number of benzene rings is 1. The topological polar surface area (TPSA) is 63.1 Å². The largest absolute Gasteiger partial charge is 0.302 e. The number of nitrogens with zero attached hydrogens (tertiary/aromatic N) is 2. The molecule has 0 amide bonds. The summed E-state index contributed by atoms with van der Waals surface area (Å²) in [5.41, 5.74) is 0.961. The van der Waals surface area contributed by atoms with Gasteiger partial charge < -0.3 is 4.55 Å². The summed E-state index contributed by atoms with van der Waals surface area (Å²) in [6.07, 6.45) is 0. The van der Waals surface area contributed by atoms with Crippen molar-refractivity contribution >= 4 is 45.3 Å². The van der Waals surface area contributed by atoms with Crippen molar-refractivity contribution in [2.45, 2.75) is 4.90 Å². The number of rotatable bonds is 1. The van der Waals surface area contributed by atoms with E-state index in [1.165, 1.54) is 12.1 Å². The fourth-order valence-corrected chi connectivity index (χ4v) is 1.76. The molecule has 0 fully saturated rings. The molecule has 0 spiro atoms. The predicted molar refractivity (Wildman–Crippen MR) is 58.6 cm³/mol. The van der Waals surface area contributed by atoms with Gasteiger partial charge in [0, 0.05) is 0 Å². The lowest BCUT2D eigenvalue weighted by Crippen LogP contribution is -1.91. The molecule has 0 aliphatic rings. The lowest BCUT2D eigenvalue weighted by atomic mass is 10.3. The van der Waals surface area contributed by atoms with Crippen LogP contribution in [0.3, 0.4) is 0 Å². The molecular formula is C8H4Cl2N2O2S. The Morgan fingerprint density at radius 2 is 1.73 bits per heavy atom. The third kappa shape index (κ3) is 2.10. The van der Waals surface area contributed by atoms with Crippen LogP contribution < -0.4 is 0 Å². The summed E-state index contributed by atoms with van der Waals surface area (Å²) in [6.45, 7) is 0. The summed E-state index contributed by atoms with van der Waals surface area (Å²) < 4.78 is 19.7. The van der Waals surface area contributed by atoms with Gasteiger partial charge >= 0.3 is 0 Å². The van der Waals surface area contributed by atoms with Crippen LogP contribution in [0, 0.1) is 0 Å². The van der Waals surface area contributed by atoms with Crippen LogP contribution >= 0.6 is 23.2 Å². The van der Waals surface area contributed by atoms with Crippen LogP contribution in [0.1, 0.15) is 0 Å². The summed E-state index contributed by atoms with van der Waals surface area (Å²) in [5, 5.41) is 0.187. The first-order valence-corrected chi connectivity index (χ1v) is 5.68. The van der Waals surface area contributed by atoms with Crippen molar-refractivity contribution < 1.29 is 8.76 Å². The highest BCUT2D eigenvalue weighted by molar-refractivity contribution is 7.79. The Bertz CT molecular complexity index is 562. The Labute approximate surface area is 97.5 Å². The molecule has 2 aromatic rings. The van der Waals surface area contributed by atoms with Crippen molar-refractivity contribution in [2.24, 2.45) is 0 Å². The Hall–Kier alpha value is -0.750. The number of fused-ring (bicyclic) bond motifs is 1. The van der Waals surface area contributed by atoms with E-state index in [0.29, 0.717) is 11.0 Å². The van der Waals surface area contributed by atoms with Crippen molar-refractivity contribution in [2.75, 3.05) is 0 Å². The average molecular weight is 263 g/mol. The molecule has 4 nitrogen and oxygen atoms in total. The van der Waals surface area contributed by atoms with Crippen LogP contribution in [0.25, 0.3) is 11.0 Å². The van der Waals surface area contributed by atoms with Crippen LogP contribution in [0.5, 0.6) is 0 Å². The zero-order valence-electron chi connectivity index (χ0n) is 7.15. The third-order valence-electron chi connectivity index (χ3n) is 1.76. The van der Waals surface area contributed by atoms with Crippen molar-refractivity contribution in [3.05, 3.63) is 28.5 Å². The summed E-state index contributed by atoms with van der Waals surface area (Å²) in [7, 11) is 0. The van der Waals surface area contributed by atoms with Gasteiger partial charge in [-0.3, -0.25) is 0 Å². The smallest absolute Gasteiger partial charge is 0.186 e. The first kappa shape index (κ1) is 10.8. The lowest BCUT2D eigenvalue weighted by molar-refractivity contribution is 0.564. The maximum atomic E-state index is 10.8. The van der Waals surface area contributed by atoms with E-state index in [1.54, 1.807) is 6.07 Å². The highest BCUT2D eigenvalue weighted by Gasteiger charge is 2.07. The second kappa shape index (κ2) is 4.02. The average Bonchev–Trinajstić information content (AvgIpc) is 2.19. The third-order valence-corrected chi connectivity index (χ3v) is 3.04. The van der Waals surface area contributed by atoms with Gasteiger partial charge in [0.25, 0.3) is 0 Å². The molecule has 1 unspecified atom stereocenters. The number of hydrogen-bond acceptors (Lipinski definition) is 3. The van der Waals surface area contributed by atoms with Crippen molar-refractivity contribution in [3.8, 4) is 0 Å². The summed E-state index contributed by atoms with van der Waals surface area (Å²) in [5.74, 6) is 0. The molecular weight excluding hydrogens is 259 g/mol. The van der Waals surface area contributed by atoms with Crippen molar-refractivity contribution in [1.29, 1.82) is 0 Å². The zero-order chi connectivity index (χ0) is 11.0. The minimum Gasteiger partial charge on any atom is -0.302 e. The maximum Gasteiger partial charge on any atom is 0.186 e. The maximum absolute atomic E-state index is 10.8. The van der Waals surface area contributed by atoms with E-state index in [2.05, 4.69) is 9.97 Å². The van der Waals surface area contributed by atoms with E-state index in [1.807, 2.05) is 0 Å². The summed E-state index contributed by atoms with van der Waals surface area (Å²) in [6, 6.07) is 4.49. The molecule has 1 aromatic carbocycles. The van der Waals surface area contributed by atoms with Crippen LogP contribution in [0.2, 0.25) is 10.3 Å². The van der Waals surface area contributed by atoms with E-state index in [4.69, 9.17) is 27.8 Å². The quantitative estimate of drug-likeness (QED) is 0.803. The molecule has 0 aliphatic carbocycles. The molecule has 0 saturated heterocycles. The fraction of sp³-hybridized carbons (Fsp3) is 0.